The largest absolute Gasteiger partial charge is 0.497 e. The second-order valence-electron chi connectivity index (χ2n) is 5.44. The Morgan fingerprint density at radius 2 is 2.00 bits per heavy atom. The van der Waals surface area contributed by atoms with Crippen molar-refractivity contribution in [2.45, 2.75) is 33.6 Å². The molecule has 0 saturated carbocycles. The quantitative estimate of drug-likeness (QED) is 0.787. The van der Waals surface area contributed by atoms with Gasteiger partial charge in [0.1, 0.15) is 5.75 Å². The zero-order valence-corrected chi connectivity index (χ0v) is 13.4. The molecule has 0 bridgehead atoms. The van der Waals surface area contributed by atoms with Crippen molar-refractivity contribution in [3.05, 3.63) is 18.2 Å². The van der Waals surface area contributed by atoms with Crippen LogP contribution in [0.1, 0.15) is 33.6 Å². The molecule has 0 aliphatic heterocycles. The fourth-order valence-corrected chi connectivity index (χ4v) is 2.18. The number of amides is 1. The van der Waals surface area contributed by atoms with Gasteiger partial charge >= 0.3 is 0 Å². The summed E-state index contributed by atoms with van der Waals surface area (Å²) < 4.78 is 5.12. The van der Waals surface area contributed by atoms with Crippen molar-refractivity contribution in [1.82, 2.24) is 0 Å². The maximum atomic E-state index is 11.9. The van der Waals surface area contributed by atoms with E-state index in [1.54, 1.807) is 25.3 Å². The third-order valence-electron chi connectivity index (χ3n) is 2.94. The molecule has 20 heavy (non-hydrogen) atoms. The average Bonchev–Trinajstić information content (AvgIpc) is 2.30. The molecule has 1 unspecified atom stereocenters. The molecule has 0 aromatic heterocycles. The number of anilines is 2. The monoisotopic (exact) mass is 300 g/mol. The van der Waals surface area contributed by atoms with Gasteiger partial charge in [-0.15, -0.1) is 12.4 Å². The Hall–Kier alpha value is -1.42. The zero-order chi connectivity index (χ0) is 14.4. The van der Waals surface area contributed by atoms with E-state index in [0.717, 1.165) is 6.42 Å². The predicted octanol–water partition coefficient (Wildman–Crippen LogP) is 3.71. The van der Waals surface area contributed by atoms with Crippen LogP contribution in [-0.4, -0.2) is 13.0 Å². The van der Waals surface area contributed by atoms with Crippen LogP contribution >= 0.6 is 12.4 Å². The molecule has 0 heterocycles. The maximum absolute atomic E-state index is 11.9. The molecule has 5 heteroatoms. The van der Waals surface area contributed by atoms with Gasteiger partial charge in [0.2, 0.25) is 5.91 Å². The number of nitrogens with one attached hydrogen (secondary N) is 1. The van der Waals surface area contributed by atoms with Crippen LogP contribution in [-0.2, 0) is 4.79 Å². The number of ether oxygens (including phenoxy) is 1. The fraction of sp³-hybridized carbons (Fsp3) is 0.533. The molecule has 1 atom stereocenters. The standard InChI is InChI=1S/C15H24N2O2.ClH/c1-10(2)7-11(3)8-15(18)17-14-9-12(19-4)5-6-13(14)16;/h5-6,9-11H,7-8,16H2,1-4H3,(H,17,18);1H. The number of methoxy groups -OCH3 is 1. The molecule has 0 fully saturated rings. The van der Waals surface area contributed by atoms with Gasteiger partial charge in [-0.2, -0.15) is 0 Å². The molecular weight excluding hydrogens is 276 g/mol. The Balaban J connectivity index is 0.00000361. The molecule has 0 radical (unpaired) electrons. The first-order chi connectivity index (χ1) is 8.92. The molecule has 1 rings (SSSR count). The number of nitrogens with two attached hydrogens (primary N) is 1. The molecule has 4 nitrogen and oxygen atoms in total. The van der Waals surface area contributed by atoms with Crippen LogP contribution in [0.15, 0.2) is 18.2 Å². The van der Waals surface area contributed by atoms with Crippen LogP contribution in [0, 0.1) is 11.8 Å². The lowest BCUT2D eigenvalue weighted by Crippen LogP contribution is -2.17. The van der Waals surface area contributed by atoms with Gasteiger partial charge in [0.25, 0.3) is 0 Å². The van der Waals surface area contributed by atoms with Crippen LogP contribution < -0.4 is 15.8 Å². The summed E-state index contributed by atoms with van der Waals surface area (Å²) in [6, 6.07) is 5.23. The summed E-state index contributed by atoms with van der Waals surface area (Å²) in [6.45, 7) is 6.41. The van der Waals surface area contributed by atoms with E-state index in [0.29, 0.717) is 35.4 Å². The van der Waals surface area contributed by atoms with Gasteiger partial charge in [-0.25, -0.2) is 0 Å². The van der Waals surface area contributed by atoms with E-state index < -0.39 is 0 Å². The number of nitrogen functional groups attached to an aromatic ring is 1. The SMILES string of the molecule is COc1ccc(N)c(NC(=O)CC(C)CC(C)C)c1.Cl. The molecule has 0 saturated heterocycles. The highest BCUT2D eigenvalue weighted by Gasteiger charge is 2.12. The number of hydrogen-bond donors (Lipinski definition) is 2. The normalized spacial score (nSPS) is 11.7. The second kappa shape index (κ2) is 8.69. The average molecular weight is 301 g/mol. The molecule has 1 aromatic carbocycles. The highest BCUT2D eigenvalue weighted by atomic mass is 35.5. The van der Waals surface area contributed by atoms with Crippen LogP contribution in [0.25, 0.3) is 0 Å². The van der Waals surface area contributed by atoms with Gasteiger partial charge in [-0.05, 0) is 30.4 Å². The highest BCUT2D eigenvalue weighted by molar-refractivity contribution is 5.94. The van der Waals surface area contributed by atoms with Crippen LogP contribution in [0.3, 0.4) is 0 Å². The fourth-order valence-electron chi connectivity index (χ4n) is 2.18. The first kappa shape index (κ1) is 18.6. The second-order valence-corrected chi connectivity index (χ2v) is 5.44. The van der Waals surface area contributed by atoms with Crippen molar-refractivity contribution >= 4 is 29.7 Å². The number of carbonyl (C=O) groups is 1. The van der Waals surface area contributed by atoms with Gasteiger partial charge in [0.15, 0.2) is 0 Å². The molecule has 114 valence electrons. The lowest BCUT2D eigenvalue weighted by molar-refractivity contribution is -0.117. The molecule has 0 spiro atoms. The Morgan fingerprint density at radius 1 is 1.35 bits per heavy atom. The maximum Gasteiger partial charge on any atom is 0.224 e. The minimum atomic E-state index is -0.00639. The summed E-state index contributed by atoms with van der Waals surface area (Å²) in [5, 5.41) is 2.85. The summed E-state index contributed by atoms with van der Waals surface area (Å²) in [5.41, 5.74) is 6.99. The highest BCUT2D eigenvalue weighted by Crippen LogP contribution is 2.25. The molecule has 0 aliphatic rings. The summed E-state index contributed by atoms with van der Waals surface area (Å²) in [7, 11) is 1.59. The van der Waals surface area contributed by atoms with Gasteiger partial charge in [-0.1, -0.05) is 20.8 Å². The van der Waals surface area contributed by atoms with E-state index in [4.69, 9.17) is 10.5 Å². The predicted molar refractivity (Wildman–Crippen MR) is 86.5 cm³/mol. The van der Waals surface area contributed by atoms with Crippen molar-refractivity contribution in [3.63, 3.8) is 0 Å². The molecule has 1 amide bonds. The van der Waals surface area contributed by atoms with E-state index in [1.807, 2.05) is 0 Å². The number of halogens is 1. The van der Waals surface area contributed by atoms with Crippen LogP contribution in [0.2, 0.25) is 0 Å². The van der Waals surface area contributed by atoms with Gasteiger partial charge < -0.3 is 15.8 Å². The summed E-state index contributed by atoms with van der Waals surface area (Å²) in [4.78, 5) is 11.9. The minimum absolute atomic E-state index is 0. The smallest absolute Gasteiger partial charge is 0.224 e. The van der Waals surface area contributed by atoms with Crippen LogP contribution in [0.4, 0.5) is 11.4 Å². The van der Waals surface area contributed by atoms with Gasteiger partial charge in [0.05, 0.1) is 18.5 Å². The lowest BCUT2D eigenvalue weighted by atomic mass is 9.96. The summed E-state index contributed by atoms with van der Waals surface area (Å²) in [5.74, 6) is 1.64. The Kier molecular flexibility index (Phi) is 8.07. The van der Waals surface area contributed by atoms with E-state index in [9.17, 15) is 4.79 Å². The molecule has 0 aliphatic carbocycles. The minimum Gasteiger partial charge on any atom is -0.497 e. The Bertz CT molecular complexity index is 436. The zero-order valence-electron chi connectivity index (χ0n) is 12.6. The first-order valence-corrected chi connectivity index (χ1v) is 6.65. The van der Waals surface area contributed by atoms with E-state index in [2.05, 4.69) is 26.1 Å². The number of rotatable bonds is 6. The topological polar surface area (TPSA) is 64.3 Å². The third kappa shape index (κ3) is 6.15. The van der Waals surface area contributed by atoms with E-state index >= 15 is 0 Å². The van der Waals surface area contributed by atoms with E-state index in [1.165, 1.54) is 0 Å². The summed E-state index contributed by atoms with van der Waals surface area (Å²) in [6.07, 6.45) is 1.55. The van der Waals surface area contributed by atoms with Crippen molar-refractivity contribution in [3.8, 4) is 5.75 Å². The lowest BCUT2D eigenvalue weighted by Gasteiger charge is -2.14. The Labute approximate surface area is 127 Å². The summed E-state index contributed by atoms with van der Waals surface area (Å²) >= 11 is 0. The van der Waals surface area contributed by atoms with Crippen molar-refractivity contribution in [2.24, 2.45) is 11.8 Å². The van der Waals surface area contributed by atoms with Crippen molar-refractivity contribution in [1.29, 1.82) is 0 Å². The van der Waals surface area contributed by atoms with Gasteiger partial charge in [0, 0.05) is 12.5 Å². The first-order valence-electron chi connectivity index (χ1n) is 6.65. The number of hydrogen-bond acceptors (Lipinski definition) is 3. The van der Waals surface area contributed by atoms with Crippen LogP contribution in [0.5, 0.6) is 5.75 Å². The number of benzene rings is 1. The van der Waals surface area contributed by atoms with E-state index in [-0.39, 0.29) is 18.3 Å². The number of carbonyl (C=O) groups excluding carboxylic acids is 1. The van der Waals surface area contributed by atoms with Gasteiger partial charge in [-0.3, -0.25) is 4.79 Å². The van der Waals surface area contributed by atoms with Crippen molar-refractivity contribution < 1.29 is 9.53 Å². The third-order valence-corrected chi connectivity index (χ3v) is 2.94. The molecule has 3 N–H and O–H groups in total. The molecular formula is C15H25ClN2O2. The Morgan fingerprint density at radius 3 is 2.55 bits per heavy atom. The van der Waals surface area contributed by atoms with Crippen molar-refractivity contribution in [2.75, 3.05) is 18.2 Å². The molecule has 1 aromatic rings.